The Morgan fingerprint density at radius 2 is 1.79 bits per heavy atom. The predicted octanol–water partition coefficient (Wildman–Crippen LogP) is 3.06. The lowest BCUT2D eigenvalue weighted by Gasteiger charge is -2.13. The number of nitrogens with one attached hydrogen (secondary N) is 2. The van der Waals surface area contributed by atoms with E-state index in [1.54, 1.807) is 13.2 Å². The van der Waals surface area contributed by atoms with Crippen LogP contribution in [-0.2, 0) is 20.1 Å². The molecule has 0 aliphatic heterocycles. The van der Waals surface area contributed by atoms with Crippen LogP contribution < -0.4 is 10.6 Å². The van der Waals surface area contributed by atoms with Gasteiger partial charge in [0.15, 0.2) is 5.96 Å². The Balaban J connectivity index is 0.00000208. The summed E-state index contributed by atoms with van der Waals surface area (Å²) >= 11 is 0. The maximum atomic E-state index is 4.28. The summed E-state index contributed by atoms with van der Waals surface area (Å²) in [6.45, 7) is 1.41. The lowest BCUT2D eigenvalue weighted by Crippen LogP contribution is -2.36. The third-order valence-corrected chi connectivity index (χ3v) is 3.91. The Bertz CT molecular complexity index is 820. The molecule has 0 spiro atoms. The third-order valence-electron chi connectivity index (χ3n) is 3.91. The van der Waals surface area contributed by atoms with E-state index in [0.29, 0.717) is 6.54 Å². The van der Waals surface area contributed by atoms with Gasteiger partial charge in [-0.15, -0.1) is 24.0 Å². The van der Waals surface area contributed by atoms with Gasteiger partial charge < -0.3 is 10.6 Å². The number of aliphatic imine (C=N–C) groups is 1. The molecule has 2 aromatic carbocycles. The van der Waals surface area contributed by atoms with E-state index in [0.717, 1.165) is 18.2 Å². The van der Waals surface area contributed by atoms with Crippen molar-refractivity contribution < 1.29 is 0 Å². The highest BCUT2D eigenvalue weighted by Gasteiger charge is 2.03. The zero-order chi connectivity index (χ0) is 16.1. The summed E-state index contributed by atoms with van der Waals surface area (Å²) in [6, 6.07) is 16.8. The van der Waals surface area contributed by atoms with E-state index < -0.39 is 0 Å². The molecule has 0 saturated heterocycles. The van der Waals surface area contributed by atoms with Gasteiger partial charge in [-0.05, 0) is 22.4 Å². The number of aryl methyl sites for hydroxylation is 1. The van der Waals surface area contributed by atoms with E-state index in [9.17, 15) is 0 Å². The normalized spacial score (nSPS) is 11.2. The monoisotopic (exact) mass is 435 g/mol. The molecule has 0 aliphatic carbocycles. The van der Waals surface area contributed by atoms with Crippen LogP contribution in [0.1, 0.15) is 11.3 Å². The maximum Gasteiger partial charge on any atom is 0.191 e. The molecule has 3 aromatic rings. The zero-order valence-corrected chi connectivity index (χ0v) is 16.2. The summed E-state index contributed by atoms with van der Waals surface area (Å²) in [5, 5.41) is 13.4. The van der Waals surface area contributed by atoms with Crippen molar-refractivity contribution in [2.24, 2.45) is 12.0 Å². The van der Waals surface area contributed by atoms with Gasteiger partial charge in [-0.2, -0.15) is 5.10 Å². The lowest BCUT2D eigenvalue weighted by molar-refractivity contribution is 0.684. The summed E-state index contributed by atoms with van der Waals surface area (Å²) in [5.74, 6) is 0.777. The minimum absolute atomic E-state index is 0. The second-order valence-corrected chi connectivity index (χ2v) is 5.36. The molecule has 0 bridgehead atoms. The van der Waals surface area contributed by atoms with Crippen LogP contribution in [0.5, 0.6) is 0 Å². The zero-order valence-electron chi connectivity index (χ0n) is 13.9. The van der Waals surface area contributed by atoms with Crippen LogP contribution in [0.15, 0.2) is 59.7 Å². The quantitative estimate of drug-likeness (QED) is 0.376. The van der Waals surface area contributed by atoms with Crippen LogP contribution >= 0.6 is 24.0 Å². The number of hydrogen-bond donors (Lipinski definition) is 2. The SMILES string of the molecule is CN=C(NCc1cccc2ccccc12)NCc1ccnn1C.I. The van der Waals surface area contributed by atoms with Gasteiger partial charge >= 0.3 is 0 Å². The van der Waals surface area contributed by atoms with Crippen LogP contribution in [0.2, 0.25) is 0 Å². The molecule has 24 heavy (non-hydrogen) atoms. The molecular formula is C18H22IN5. The fourth-order valence-electron chi connectivity index (χ4n) is 2.60. The molecule has 6 heteroatoms. The van der Waals surface area contributed by atoms with E-state index in [1.165, 1.54) is 16.3 Å². The Morgan fingerprint density at radius 1 is 1.04 bits per heavy atom. The van der Waals surface area contributed by atoms with Gasteiger partial charge in [-0.25, -0.2) is 0 Å². The predicted molar refractivity (Wildman–Crippen MR) is 110 cm³/mol. The molecule has 0 saturated carbocycles. The van der Waals surface area contributed by atoms with Crippen molar-refractivity contribution >= 4 is 40.7 Å². The summed E-state index contributed by atoms with van der Waals surface area (Å²) in [4.78, 5) is 4.28. The summed E-state index contributed by atoms with van der Waals surface area (Å²) in [7, 11) is 3.71. The highest BCUT2D eigenvalue weighted by atomic mass is 127. The highest BCUT2D eigenvalue weighted by Crippen LogP contribution is 2.18. The second kappa shape index (κ2) is 8.68. The van der Waals surface area contributed by atoms with Crippen molar-refractivity contribution in [2.45, 2.75) is 13.1 Å². The number of halogens is 1. The third kappa shape index (κ3) is 4.25. The van der Waals surface area contributed by atoms with Gasteiger partial charge in [0.05, 0.1) is 12.2 Å². The average Bonchev–Trinajstić information content (AvgIpc) is 3.00. The molecule has 0 fully saturated rings. The first-order valence-corrected chi connectivity index (χ1v) is 7.66. The minimum Gasteiger partial charge on any atom is -0.352 e. The van der Waals surface area contributed by atoms with Gasteiger partial charge in [0.2, 0.25) is 0 Å². The van der Waals surface area contributed by atoms with Crippen molar-refractivity contribution in [2.75, 3.05) is 7.05 Å². The number of fused-ring (bicyclic) bond motifs is 1. The Kier molecular flexibility index (Phi) is 6.60. The summed E-state index contributed by atoms with van der Waals surface area (Å²) in [5.41, 5.74) is 2.37. The molecule has 0 radical (unpaired) electrons. The lowest BCUT2D eigenvalue weighted by atomic mass is 10.0. The van der Waals surface area contributed by atoms with Crippen LogP contribution in [0.4, 0.5) is 0 Å². The summed E-state index contributed by atoms with van der Waals surface area (Å²) in [6.07, 6.45) is 1.79. The van der Waals surface area contributed by atoms with Crippen LogP contribution in [0.25, 0.3) is 10.8 Å². The van der Waals surface area contributed by atoms with E-state index in [4.69, 9.17) is 0 Å². The van der Waals surface area contributed by atoms with Gasteiger partial charge in [0.25, 0.3) is 0 Å². The van der Waals surface area contributed by atoms with E-state index in [1.807, 2.05) is 17.8 Å². The standard InChI is InChI=1S/C18H21N5.HI/c1-19-18(21-13-16-10-11-22-23(16)2)20-12-15-8-5-7-14-6-3-4-9-17(14)15;/h3-11H,12-13H2,1-2H3,(H2,19,20,21);1H. The fourth-order valence-corrected chi connectivity index (χ4v) is 2.60. The van der Waals surface area contributed by atoms with Crippen LogP contribution in [-0.4, -0.2) is 22.8 Å². The van der Waals surface area contributed by atoms with E-state index in [2.05, 4.69) is 63.2 Å². The molecular weight excluding hydrogens is 413 g/mol. The Morgan fingerprint density at radius 3 is 2.54 bits per heavy atom. The second-order valence-electron chi connectivity index (χ2n) is 5.36. The number of benzene rings is 2. The molecule has 0 amide bonds. The number of rotatable bonds is 4. The number of nitrogens with zero attached hydrogens (tertiary/aromatic N) is 3. The van der Waals surface area contributed by atoms with E-state index >= 15 is 0 Å². The smallest absolute Gasteiger partial charge is 0.191 e. The molecule has 5 nitrogen and oxygen atoms in total. The average molecular weight is 435 g/mol. The highest BCUT2D eigenvalue weighted by molar-refractivity contribution is 14.0. The van der Waals surface area contributed by atoms with Gasteiger partial charge in [0.1, 0.15) is 0 Å². The molecule has 1 aromatic heterocycles. The molecule has 0 atom stereocenters. The first-order valence-electron chi connectivity index (χ1n) is 7.66. The number of guanidine groups is 1. The number of hydrogen-bond acceptors (Lipinski definition) is 2. The van der Waals surface area contributed by atoms with Crippen molar-refractivity contribution in [3.8, 4) is 0 Å². The van der Waals surface area contributed by atoms with Crippen molar-refractivity contribution in [1.82, 2.24) is 20.4 Å². The van der Waals surface area contributed by atoms with Crippen LogP contribution in [0, 0.1) is 0 Å². The topological polar surface area (TPSA) is 54.2 Å². The summed E-state index contributed by atoms with van der Waals surface area (Å²) < 4.78 is 1.85. The maximum absolute atomic E-state index is 4.28. The first kappa shape index (κ1) is 18.3. The largest absolute Gasteiger partial charge is 0.352 e. The Labute approximate surface area is 159 Å². The van der Waals surface area contributed by atoms with Crippen molar-refractivity contribution in [3.63, 3.8) is 0 Å². The molecule has 2 N–H and O–H groups in total. The van der Waals surface area contributed by atoms with E-state index in [-0.39, 0.29) is 24.0 Å². The van der Waals surface area contributed by atoms with Crippen LogP contribution in [0.3, 0.4) is 0 Å². The fraction of sp³-hybridized carbons (Fsp3) is 0.222. The molecule has 0 unspecified atom stereocenters. The molecule has 3 rings (SSSR count). The van der Waals surface area contributed by atoms with Crippen molar-refractivity contribution in [1.29, 1.82) is 0 Å². The molecule has 0 aliphatic rings. The van der Waals surface area contributed by atoms with Crippen molar-refractivity contribution in [3.05, 3.63) is 66.0 Å². The first-order chi connectivity index (χ1) is 11.3. The Hall–Kier alpha value is -2.09. The molecule has 1 heterocycles. The van der Waals surface area contributed by atoms with Gasteiger partial charge in [0, 0.05) is 26.8 Å². The minimum atomic E-state index is 0. The number of aromatic nitrogens is 2. The molecule has 126 valence electrons. The van der Waals surface area contributed by atoms with Gasteiger partial charge in [-0.1, -0.05) is 42.5 Å². The van der Waals surface area contributed by atoms with Gasteiger partial charge in [-0.3, -0.25) is 9.67 Å².